The molecule has 27 heavy (non-hydrogen) atoms. The van der Waals surface area contributed by atoms with Crippen molar-refractivity contribution < 1.29 is 30.0 Å². The van der Waals surface area contributed by atoms with Crippen molar-refractivity contribution in [1.82, 2.24) is 9.88 Å². The SMILES string of the molecule is O=C(Cc1ccncc1)N1CCCCCCO[C@H]([C@H](O)CO)[C@H](O)[C@@H](O)C1. The molecular weight excluding hydrogens is 352 g/mol. The summed E-state index contributed by atoms with van der Waals surface area (Å²) in [6, 6.07) is 3.53. The quantitative estimate of drug-likeness (QED) is 0.553. The van der Waals surface area contributed by atoms with E-state index in [2.05, 4.69) is 4.98 Å². The van der Waals surface area contributed by atoms with Crippen molar-refractivity contribution in [3.63, 3.8) is 0 Å². The normalized spacial score (nSPS) is 26.7. The molecule has 1 aromatic rings. The number of rotatable bonds is 4. The summed E-state index contributed by atoms with van der Waals surface area (Å²) in [4.78, 5) is 18.2. The average Bonchev–Trinajstić information content (AvgIpc) is 2.67. The molecule has 8 nitrogen and oxygen atoms in total. The summed E-state index contributed by atoms with van der Waals surface area (Å²) in [6.07, 6.45) is 1.65. The van der Waals surface area contributed by atoms with Gasteiger partial charge in [0.2, 0.25) is 5.91 Å². The van der Waals surface area contributed by atoms with Crippen LogP contribution in [0.2, 0.25) is 0 Å². The average molecular weight is 382 g/mol. The minimum atomic E-state index is -1.41. The Morgan fingerprint density at radius 1 is 1.22 bits per heavy atom. The Labute approximate surface area is 159 Å². The summed E-state index contributed by atoms with van der Waals surface area (Å²) in [5, 5.41) is 40.0. The minimum Gasteiger partial charge on any atom is -0.394 e. The van der Waals surface area contributed by atoms with Gasteiger partial charge in [0.1, 0.15) is 24.4 Å². The van der Waals surface area contributed by atoms with Gasteiger partial charge in [-0.1, -0.05) is 12.8 Å². The Morgan fingerprint density at radius 2 is 1.93 bits per heavy atom. The van der Waals surface area contributed by atoms with Gasteiger partial charge in [-0.2, -0.15) is 0 Å². The van der Waals surface area contributed by atoms with Crippen LogP contribution in [0.25, 0.3) is 0 Å². The highest BCUT2D eigenvalue weighted by atomic mass is 16.5. The molecule has 0 unspecified atom stereocenters. The van der Waals surface area contributed by atoms with E-state index in [-0.39, 0.29) is 18.9 Å². The molecule has 2 heterocycles. The van der Waals surface area contributed by atoms with Gasteiger partial charge >= 0.3 is 0 Å². The monoisotopic (exact) mass is 382 g/mol. The predicted molar refractivity (Wildman–Crippen MR) is 97.8 cm³/mol. The second-order valence-corrected chi connectivity index (χ2v) is 6.93. The number of hydrogen-bond donors (Lipinski definition) is 4. The second kappa shape index (κ2) is 11.3. The molecule has 1 aromatic heterocycles. The Bertz CT molecular complexity index is 558. The van der Waals surface area contributed by atoms with Gasteiger partial charge in [0.15, 0.2) is 0 Å². The van der Waals surface area contributed by atoms with Crippen LogP contribution in [-0.4, -0.2) is 86.9 Å². The van der Waals surface area contributed by atoms with E-state index in [4.69, 9.17) is 4.74 Å². The lowest BCUT2D eigenvalue weighted by atomic mass is 10.0. The molecule has 8 heteroatoms. The van der Waals surface area contributed by atoms with Gasteiger partial charge in [-0.3, -0.25) is 9.78 Å². The van der Waals surface area contributed by atoms with Gasteiger partial charge in [-0.15, -0.1) is 0 Å². The molecule has 0 aromatic carbocycles. The summed E-state index contributed by atoms with van der Waals surface area (Å²) in [5.41, 5.74) is 0.827. The van der Waals surface area contributed by atoms with E-state index in [1.165, 1.54) is 4.90 Å². The second-order valence-electron chi connectivity index (χ2n) is 6.93. The first-order valence-electron chi connectivity index (χ1n) is 9.46. The number of pyridine rings is 1. The maximum absolute atomic E-state index is 12.7. The van der Waals surface area contributed by atoms with Crippen molar-refractivity contribution >= 4 is 5.91 Å². The van der Waals surface area contributed by atoms with Crippen LogP contribution in [0.3, 0.4) is 0 Å². The molecule has 0 aliphatic carbocycles. The van der Waals surface area contributed by atoms with Crippen molar-refractivity contribution in [3.8, 4) is 0 Å². The fraction of sp³-hybridized carbons (Fsp3) is 0.684. The number of carbonyl (C=O) groups excluding carboxylic acids is 1. The molecule has 0 spiro atoms. The fourth-order valence-corrected chi connectivity index (χ4v) is 3.18. The summed E-state index contributed by atoms with van der Waals surface area (Å²) >= 11 is 0. The van der Waals surface area contributed by atoms with Gasteiger partial charge in [-0.25, -0.2) is 0 Å². The first kappa shape index (κ1) is 21.7. The lowest BCUT2D eigenvalue weighted by Gasteiger charge is -2.33. The van der Waals surface area contributed by atoms with E-state index >= 15 is 0 Å². The minimum absolute atomic E-state index is 0.0664. The Hall–Kier alpha value is -1.58. The van der Waals surface area contributed by atoms with E-state index in [0.717, 1.165) is 31.2 Å². The van der Waals surface area contributed by atoms with Crippen LogP contribution in [0, 0.1) is 0 Å². The van der Waals surface area contributed by atoms with Crippen LogP contribution in [-0.2, 0) is 16.0 Å². The molecule has 0 radical (unpaired) electrons. The molecule has 2 rings (SSSR count). The molecule has 1 aliphatic heterocycles. The smallest absolute Gasteiger partial charge is 0.227 e. The molecule has 4 N–H and O–H groups in total. The lowest BCUT2D eigenvalue weighted by molar-refractivity contribution is -0.152. The maximum atomic E-state index is 12.7. The molecule has 1 amide bonds. The molecule has 1 fully saturated rings. The molecule has 152 valence electrons. The van der Waals surface area contributed by atoms with Crippen molar-refractivity contribution in [1.29, 1.82) is 0 Å². The van der Waals surface area contributed by atoms with E-state index in [1.54, 1.807) is 24.5 Å². The van der Waals surface area contributed by atoms with Gasteiger partial charge < -0.3 is 30.1 Å². The number of aromatic nitrogens is 1. The third-order valence-corrected chi connectivity index (χ3v) is 4.79. The summed E-state index contributed by atoms with van der Waals surface area (Å²) < 4.78 is 5.51. The zero-order valence-corrected chi connectivity index (χ0v) is 15.5. The third-order valence-electron chi connectivity index (χ3n) is 4.79. The Kier molecular flexibility index (Phi) is 9.09. The highest BCUT2D eigenvalue weighted by Gasteiger charge is 2.34. The van der Waals surface area contributed by atoms with Crippen molar-refractivity contribution in [3.05, 3.63) is 30.1 Å². The number of aliphatic hydroxyl groups is 4. The van der Waals surface area contributed by atoms with Crippen LogP contribution < -0.4 is 0 Å². The predicted octanol–water partition coefficient (Wildman–Crippen LogP) is -0.513. The molecule has 4 atom stereocenters. The van der Waals surface area contributed by atoms with Gasteiger partial charge in [0.05, 0.1) is 13.0 Å². The van der Waals surface area contributed by atoms with Crippen molar-refractivity contribution in [2.24, 2.45) is 0 Å². The van der Waals surface area contributed by atoms with Gasteiger partial charge in [-0.05, 0) is 30.5 Å². The summed E-state index contributed by atoms with van der Waals surface area (Å²) in [5.74, 6) is -0.148. The topological polar surface area (TPSA) is 123 Å². The summed E-state index contributed by atoms with van der Waals surface area (Å²) in [6.45, 7) is 0.167. The Balaban J connectivity index is 2.08. The first-order chi connectivity index (χ1) is 13.0. The number of amides is 1. The van der Waals surface area contributed by atoms with E-state index < -0.39 is 31.0 Å². The van der Waals surface area contributed by atoms with Crippen LogP contribution in [0.1, 0.15) is 31.2 Å². The zero-order chi connectivity index (χ0) is 19.6. The Morgan fingerprint density at radius 3 is 2.63 bits per heavy atom. The molecule has 0 bridgehead atoms. The van der Waals surface area contributed by atoms with E-state index in [1.807, 2.05) is 0 Å². The number of aliphatic hydroxyl groups excluding tert-OH is 4. The van der Waals surface area contributed by atoms with E-state index in [9.17, 15) is 25.2 Å². The molecule has 1 aliphatic rings. The van der Waals surface area contributed by atoms with Crippen LogP contribution >= 0.6 is 0 Å². The van der Waals surface area contributed by atoms with Crippen LogP contribution in [0.15, 0.2) is 24.5 Å². The van der Waals surface area contributed by atoms with Crippen molar-refractivity contribution in [2.45, 2.75) is 56.5 Å². The highest BCUT2D eigenvalue weighted by Crippen LogP contribution is 2.15. The summed E-state index contributed by atoms with van der Waals surface area (Å²) in [7, 11) is 0. The molecule has 0 saturated carbocycles. The number of ether oxygens (including phenoxy) is 1. The zero-order valence-electron chi connectivity index (χ0n) is 15.5. The lowest BCUT2D eigenvalue weighted by Crippen LogP contribution is -2.52. The van der Waals surface area contributed by atoms with Crippen LogP contribution in [0.4, 0.5) is 0 Å². The third kappa shape index (κ3) is 6.82. The highest BCUT2D eigenvalue weighted by molar-refractivity contribution is 5.78. The molecular formula is C19H30N2O6. The maximum Gasteiger partial charge on any atom is 0.227 e. The van der Waals surface area contributed by atoms with E-state index in [0.29, 0.717) is 13.2 Å². The largest absolute Gasteiger partial charge is 0.394 e. The number of nitrogens with zero attached hydrogens (tertiary/aromatic N) is 2. The first-order valence-corrected chi connectivity index (χ1v) is 9.46. The van der Waals surface area contributed by atoms with Crippen molar-refractivity contribution in [2.75, 3.05) is 26.3 Å². The van der Waals surface area contributed by atoms with Gasteiger partial charge in [0, 0.05) is 32.1 Å². The number of carbonyl (C=O) groups is 1. The van der Waals surface area contributed by atoms with Crippen LogP contribution in [0.5, 0.6) is 0 Å². The standard InChI is InChI=1S/C19H30N2O6/c22-13-16(24)19-18(26)15(23)12-21(9-3-1-2-4-10-27-19)17(25)11-14-5-7-20-8-6-14/h5-8,15-16,18-19,22-24,26H,1-4,9-13H2/t15-,16+,18+,19+/m0/s1. The molecule has 1 saturated heterocycles. The van der Waals surface area contributed by atoms with Gasteiger partial charge in [0.25, 0.3) is 0 Å². The number of hydrogen-bond acceptors (Lipinski definition) is 7. The fourth-order valence-electron chi connectivity index (χ4n) is 3.18. The number of β-amino-alcohol motifs (C(OH)–C–C–N with tert-alkyl or cyclic N) is 1.